The highest BCUT2D eigenvalue weighted by Crippen LogP contribution is 2.27. The van der Waals surface area contributed by atoms with Crippen molar-refractivity contribution in [3.63, 3.8) is 0 Å². The standard InChI is InChI=1S/C25H30BN2O5S/c1-24(2,29)25(3,4)33-26(30)20-9-7-8-18(16-20)17-22(23-27-14-15-28(23)5)19-10-12-21(13-11-19)34(6,31)32/h7-17,29H,1-6H3/q-1/b22-17+. The first kappa shape index (κ1) is 25.9. The Morgan fingerprint density at radius 1 is 1.15 bits per heavy atom. The van der Waals surface area contributed by atoms with Gasteiger partial charge in [-0.3, -0.25) is 0 Å². The molecule has 0 atom stereocenters. The van der Waals surface area contributed by atoms with Crippen LogP contribution in [0, 0.1) is 0 Å². The van der Waals surface area contributed by atoms with Crippen molar-refractivity contribution in [1.82, 2.24) is 9.55 Å². The summed E-state index contributed by atoms with van der Waals surface area (Å²) in [6, 6.07) is 13.7. The van der Waals surface area contributed by atoms with Crippen molar-refractivity contribution in [2.24, 2.45) is 7.05 Å². The first-order valence-electron chi connectivity index (χ1n) is 10.8. The van der Waals surface area contributed by atoms with Crippen LogP contribution in [0.4, 0.5) is 0 Å². The van der Waals surface area contributed by atoms with Crippen molar-refractivity contribution >= 4 is 34.1 Å². The molecule has 34 heavy (non-hydrogen) atoms. The Balaban J connectivity index is 2.02. The van der Waals surface area contributed by atoms with E-state index < -0.39 is 28.2 Å². The van der Waals surface area contributed by atoms with Crippen LogP contribution in [0.2, 0.25) is 0 Å². The van der Waals surface area contributed by atoms with E-state index in [1.807, 2.05) is 30.0 Å². The lowest BCUT2D eigenvalue weighted by molar-refractivity contribution is -0.238. The van der Waals surface area contributed by atoms with Crippen LogP contribution in [0.3, 0.4) is 0 Å². The van der Waals surface area contributed by atoms with Crippen LogP contribution in [-0.4, -0.2) is 47.7 Å². The molecule has 9 heteroatoms. The summed E-state index contributed by atoms with van der Waals surface area (Å²) in [5.41, 5.74) is 0.488. The van der Waals surface area contributed by atoms with E-state index in [4.69, 9.17) is 4.65 Å². The Hall–Kier alpha value is -2.72. The molecule has 0 aliphatic rings. The molecular weight excluding hydrogens is 451 g/mol. The van der Waals surface area contributed by atoms with E-state index in [0.29, 0.717) is 11.3 Å². The average molecular weight is 481 g/mol. The molecule has 0 aliphatic heterocycles. The van der Waals surface area contributed by atoms with Gasteiger partial charge in [0.1, 0.15) is 5.82 Å². The molecule has 0 radical (unpaired) electrons. The topological polar surface area (TPSA) is 104 Å². The summed E-state index contributed by atoms with van der Waals surface area (Å²) in [4.78, 5) is 4.69. The normalized spacial score (nSPS) is 13.2. The fraction of sp³-hybridized carbons (Fsp3) is 0.320. The second-order valence-electron chi connectivity index (χ2n) is 9.41. The number of rotatable bonds is 8. The molecule has 1 aromatic heterocycles. The van der Waals surface area contributed by atoms with Gasteiger partial charge < -0.3 is 19.4 Å². The van der Waals surface area contributed by atoms with Crippen molar-refractivity contribution in [1.29, 1.82) is 0 Å². The minimum absolute atomic E-state index is 0.234. The molecule has 0 fully saturated rings. The Morgan fingerprint density at radius 3 is 2.32 bits per heavy atom. The molecule has 1 N–H and O–H groups in total. The zero-order valence-electron chi connectivity index (χ0n) is 20.3. The molecule has 0 amide bonds. The monoisotopic (exact) mass is 481 g/mol. The Bertz CT molecular complexity index is 1290. The Morgan fingerprint density at radius 2 is 1.79 bits per heavy atom. The molecule has 1 heterocycles. The molecule has 0 saturated carbocycles. The molecule has 180 valence electrons. The molecule has 0 aliphatic carbocycles. The third kappa shape index (κ3) is 5.85. The lowest BCUT2D eigenvalue weighted by atomic mass is 9.76. The highest BCUT2D eigenvalue weighted by Gasteiger charge is 2.36. The summed E-state index contributed by atoms with van der Waals surface area (Å²) in [5, 5.41) is 23.2. The van der Waals surface area contributed by atoms with Gasteiger partial charge in [0.2, 0.25) is 7.12 Å². The van der Waals surface area contributed by atoms with Gasteiger partial charge in [0, 0.05) is 31.3 Å². The van der Waals surface area contributed by atoms with Crippen molar-refractivity contribution in [2.45, 2.75) is 43.8 Å². The molecule has 3 aromatic rings. The number of aryl methyl sites for hydroxylation is 1. The second-order valence-corrected chi connectivity index (χ2v) is 11.4. The van der Waals surface area contributed by atoms with E-state index in [1.54, 1.807) is 76.4 Å². The third-order valence-electron chi connectivity index (χ3n) is 6.02. The largest absolute Gasteiger partial charge is 0.853 e. The summed E-state index contributed by atoms with van der Waals surface area (Å²) < 4.78 is 31.3. The summed E-state index contributed by atoms with van der Waals surface area (Å²) in [6.07, 6.45) is 6.58. The average Bonchev–Trinajstić information content (AvgIpc) is 3.16. The Kier molecular flexibility index (Phi) is 7.24. The number of sulfone groups is 1. The molecule has 0 spiro atoms. The molecule has 0 saturated heterocycles. The van der Waals surface area contributed by atoms with E-state index in [2.05, 4.69) is 4.98 Å². The van der Waals surface area contributed by atoms with Crippen LogP contribution in [0.25, 0.3) is 11.6 Å². The quantitative estimate of drug-likeness (QED) is 0.390. The summed E-state index contributed by atoms with van der Waals surface area (Å²) in [6.45, 7) is 6.57. The fourth-order valence-electron chi connectivity index (χ4n) is 3.23. The van der Waals surface area contributed by atoms with Crippen LogP contribution in [0.15, 0.2) is 65.8 Å². The van der Waals surface area contributed by atoms with Gasteiger partial charge in [0.05, 0.1) is 16.1 Å². The third-order valence-corrected chi connectivity index (χ3v) is 7.15. The van der Waals surface area contributed by atoms with Crippen molar-refractivity contribution in [3.8, 4) is 0 Å². The Labute approximate surface area is 201 Å². The number of imidazole rings is 1. The number of hydrogen-bond donors (Lipinski definition) is 1. The van der Waals surface area contributed by atoms with Crippen LogP contribution >= 0.6 is 0 Å². The van der Waals surface area contributed by atoms with Crippen LogP contribution in [0.1, 0.15) is 44.6 Å². The maximum absolute atomic E-state index is 12.9. The van der Waals surface area contributed by atoms with E-state index in [-0.39, 0.29) is 4.90 Å². The van der Waals surface area contributed by atoms with Crippen LogP contribution < -0.4 is 10.5 Å². The zero-order valence-corrected chi connectivity index (χ0v) is 21.1. The van der Waals surface area contributed by atoms with Crippen LogP contribution in [0.5, 0.6) is 0 Å². The highest BCUT2D eigenvalue weighted by atomic mass is 32.2. The maximum Gasteiger partial charge on any atom is 0.218 e. The summed E-state index contributed by atoms with van der Waals surface area (Å²) >= 11 is 0. The smallest absolute Gasteiger partial charge is 0.218 e. The van der Waals surface area contributed by atoms with E-state index in [0.717, 1.165) is 16.7 Å². The highest BCUT2D eigenvalue weighted by molar-refractivity contribution is 7.90. The molecule has 0 unspecified atom stereocenters. The molecular formula is C25H30BN2O5S-. The first-order chi connectivity index (χ1) is 15.7. The molecule has 0 bridgehead atoms. The van der Waals surface area contributed by atoms with Crippen LogP contribution in [-0.2, 0) is 21.5 Å². The van der Waals surface area contributed by atoms with Gasteiger partial charge in [-0.25, -0.2) is 13.4 Å². The van der Waals surface area contributed by atoms with Gasteiger partial charge in [0.25, 0.3) is 0 Å². The van der Waals surface area contributed by atoms with Crippen molar-refractivity contribution in [2.75, 3.05) is 6.26 Å². The lowest BCUT2D eigenvalue weighted by Crippen LogP contribution is -2.57. The fourth-order valence-corrected chi connectivity index (χ4v) is 3.86. The zero-order chi connectivity index (χ0) is 25.3. The van der Waals surface area contributed by atoms with Crippen molar-refractivity contribution in [3.05, 3.63) is 77.9 Å². The molecule has 3 rings (SSSR count). The number of aromatic nitrogens is 2. The predicted octanol–water partition coefficient (Wildman–Crippen LogP) is 2.03. The first-order valence-corrected chi connectivity index (χ1v) is 12.7. The van der Waals surface area contributed by atoms with E-state index >= 15 is 0 Å². The lowest BCUT2D eigenvalue weighted by Gasteiger charge is -2.42. The summed E-state index contributed by atoms with van der Waals surface area (Å²) in [7, 11) is -2.93. The predicted molar refractivity (Wildman–Crippen MR) is 133 cm³/mol. The van der Waals surface area contributed by atoms with Gasteiger partial charge in [-0.1, -0.05) is 41.9 Å². The SMILES string of the molecule is Cn1ccnc1/C(=C/c1cccc(B([O-])OC(C)(C)C(C)(C)O)c1)c1ccc(S(C)(=O)=O)cc1. The van der Waals surface area contributed by atoms with Crippen molar-refractivity contribution < 1.29 is 23.2 Å². The molecule has 7 nitrogen and oxygen atoms in total. The van der Waals surface area contributed by atoms with E-state index in [1.165, 1.54) is 6.26 Å². The van der Waals surface area contributed by atoms with Gasteiger partial charge in [-0.05, 0) is 57.0 Å². The number of nitrogens with zero attached hydrogens (tertiary/aromatic N) is 2. The maximum atomic E-state index is 12.9. The van der Waals surface area contributed by atoms with E-state index in [9.17, 15) is 18.5 Å². The number of aliphatic hydroxyl groups is 1. The summed E-state index contributed by atoms with van der Waals surface area (Å²) in [5.74, 6) is 0.690. The minimum Gasteiger partial charge on any atom is -0.853 e. The number of hydrogen-bond acceptors (Lipinski definition) is 6. The van der Waals surface area contributed by atoms with Gasteiger partial charge in [0.15, 0.2) is 9.84 Å². The van der Waals surface area contributed by atoms with Gasteiger partial charge in [-0.2, -0.15) is 0 Å². The number of benzene rings is 2. The van der Waals surface area contributed by atoms with Gasteiger partial charge >= 0.3 is 0 Å². The minimum atomic E-state index is -3.31. The van der Waals surface area contributed by atoms with Gasteiger partial charge in [-0.15, -0.1) is 0 Å². The second kappa shape index (κ2) is 9.50. The molecule has 2 aromatic carbocycles.